The number of nitrogens with one attached hydrogen (secondary N) is 1. The Morgan fingerprint density at radius 1 is 1.12 bits per heavy atom. The van der Waals surface area contributed by atoms with Crippen molar-refractivity contribution in [1.82, 2.24) is 14.9 Å². The normalized spacial score (nSPS) is 24.9. The SMILES string of the molecule is C#C/C=C1\C=C(/C)CC(C2CC3(CCN(CCOC(C)C)CC3)C2)C(CC(C)C)COc2cc(-c3c(C)cccc3C)nc(n2)NS1(=O)=O. The van der Waals surface area contributed by atoms with Gasteiger partial charge in [-0.1, -0.05) is 43.5 Å². The number of piperidine rings is 1. The number of sulfonamides is 1. The molecule has 2 unspecified atom stereocenters. The largest absolute Gasteiger partial charge is 0.477 e. The molecule has 266 valence electrons. The maximum atomic E-state index is 13.8. The number of terminal acetylenes is 1. The van der Waals surface area contributed by atoms with Crippen LogP contribution in [0.5, 0.6) is 5.88 Å². The van der Waals surface area contributed by atoms with Gasteiger partial charge in [-0.05, 0) is 133 Å². The Morgan fingerprint density at radius 3 is 2.45 bits per heavy atom. The second-order valence-corrected chi connectivity index (χ2v) is 17.2. The topological polar surface area (TPSA) is 93.7 Å². The van der Waals surface area contributed by atoms with Crippen molar-refractivity contribution in [3.05, 3.63) is 58.0 Å². The lowest BCUT2D eigenvalue weighted by Crippen LogP contribution is -2.50. The van der Waals surface area contributed by atoms with Crippen LogP contribution >= 0.6 is 0 Å². The lowest BCUT2D eigenvalue weighted by Gasteiger charge is -2.56. The molecule has 1 aromatic carbocycles. The number of aryl methyl sites for hydroxylation is 2. The highest BCUT2D eigenvalue weighted by Crippen LogP contribution is 2.57. The number of hydrogen-bond donors (Lipinski definition) is 1. The van der Waals surface area contributed by atoms with Crippen LogP contribution in [0.15, 0.2) is 46.9 Å². The molecule has 1 saturated heterocycles. The van der Waals surface area contributed by atoms with E-state index < -0.39 is 10.0 Å². The fourth-order valence-electron chi connectivity index (χ4n) is 8.34. The Balaban J connectivity index is 1.46. The second-order valence-electron chi connectivity index (χ2n) is 15.5. The first kappa shape index (κ1) is 37.1. The third-order valence-corrected chi connectivity index (χ3v) is 12.1. The Hall–Kier alpha value is -3.19. The molecule has 1 saturated carbocycles. The van der Waals surface area contributed by atoms with Crippen LogP contribution in [0.3, 0.4) is 0 Å². The molecule has 2 bridgehead atoms. The fraction of sp³-hybridized carbons (Fsp3) is 0.600. The van der Waals surface area contributed by atoms with E-state index in [9.17, 15) is 8.42 Å². The smallest absolute Gasteiger partial charge is 0.264 e. The zero-order chi connectivity index (χ0) is 35.3. The zero-order valence-electron chi connectivity index (χ0n) is 30.6. The summed E-state index contributed by atoms with van der Waals surface area (Å²) in [6, 6.07) is 7.90. The minimum absolute atomic E-state index is 0.0355. The highest BCUT2D eigenvalue weighted by Gasteiger charge is 2.49. The monoisotopic (exact) mass is 688 g/mol. The van der Waals surface area contributed by atoms with Gasteiger partial charge in [-0.25, -0.2) is 18.1 Å². The van der Waals surface area contributed by atoms with E-state index >= 15 is 0 Å². The number of anilines is 1. The van der Waals surface area contributed by atoms with E-state index in [2.05, 4.69) is 53.2 Å². The van der Waals surface area contributed by atoms with Gasteiger partial charge >= 0.3 is 0 Å². The van der Waals surface area contributed by atoms with Gasteiger partial charge < -0.3 is 14.4 Å². The lowest BCUT2D eigenvalue weighted by atomic mass is 9.52. The van der Waals surface area contributed by atoms with Crippen molar-refractivity contribution in [3.63, 3.8) is 0 Å². The number of likely N-dealkylation sites (tertiary alicyclic amines) is 1. The number of allylic oxidation sites excluding steroid dienone is 3. The maximum absolute atomic E-state index is 13.8. The first-order valence-corrected chi connectivity index (χ1v) is 19.5. The van der Waals surface area contributed by atoms with Crippen molar-refractivity contribution in [1.29, 1.82) is 0 Å². The number of ether oxygens (including phenoxy) is 2. The summed E-state index contributed by atoms with van der Waals surface area (Å²) in [7, 11) is -4.08. The molecular formula is C40H56N4O4S. The molecule has 3 heterocycles. The van der Waals surface area contributed by atoms with Crippen molar-refractivity contribution < 1.29 is 17.9 Å². The Morgan fingerprint density at radius 2 is 1.82 bits per heavy atom. The van der Waals surface area contributed by atoms with Gasteiger partial charge in [0, 0.05) is 24.3 Å². The number of fused-ring (bicyclic) bond motifs is 2. The summed E-state index contributed by atoms with van der Waals surface area (Å²) in [5.41, 5.74) is 5.01. The van der Waals surface area contributed by atoms with Crippen LogP contribution < -0.4 is 9.46 Å². The molecule has 0 radical (unpaired) electrons. The second kappa shape index (κ2) is 15.8. The molecular weight excluding hydrogens is 633 g/mol. The van der Waals surface area contributed by atoms with Gasteiger partial charge in [0.25, 0.3) is 10.0 Å². The van der Waals surface area contributed by atoms with Crippen molar-refractivity contribution >= 4 is 16.0 Å². The Bertz CT molecular complexity index is 1650. The maximum Gasteiger partial charge on any atom is 0.264 e. The molecule has 0 amide bonds. The molecule has 3 aliphatic rings. The Labute approximate surface area is 295 Å². The third-order valence-electron chi connectivity index (χ3n) is 10.7. The third kappa shape index (κ3) is 9.33. The van der Waals surface area contributed by atoms with Crippen LogP contribution in [-0.2, 0) is 14.8 Å². The average Bonchev–Trinajstić information content (AvgIpc) is 3.00. The summed E-state index contributed by atoms with van der Waals surface area (Å²) in [6.07, 6.45) is 15.6. The van der Waals surface area contributed by atoms with Gasteiger partial charge in [-0.2, -0.15) is 4.98 Å². The van der Waals surface area contributed by atoms with Crippen LogP contribution in [-0.4, -0.2) is 62.2 Å². The molecule has 49 heavy (non-hydrogen) atoms. The first-order chi connectivity index (χ1) is 23.3. The van der Waals surface area contributed by atoms with E-state index in [1.54, 1.807) is 6.08 Å². The number of nitrogens with zero attached hydrogens (tertiary/aromatic N) is 3. The summed E-state index contributed by atoms with van der Waals surface area (Å²) < 4.78 is 42.6. The summed E-state index contributed by atoms with van der Waals surface area (Å²) in [6.45, 7) is 19.4. The molecule has 2 atom stereocenters. The standard InChI is InChI=1S/C40H56N4O4S/c1-9-11-34-21-29(6)22-35(33-24-40(25-33)14-16-44(17-15-40)18-19-47-28(4)5)32(20-27(2)3)26-48-37-23-36(38-30(7)12-10-13-31(38)8)41-39(42-37)43-49(34,45)46/h1,10-13,21,23,27-28,32-33,35H,14-20,22,24-26H2,2-8H3,(H,41,42,43)/b29-21+,34-11+. The van der Waals surface area contributed by atoms with Gasteiger partial charge in [0.05, 0.1) is 29.9 Å². The summed E-state index contributed by atoms with van der Waals surface area (Å²) in [4.78, 5) is 11.8. The van der Waals surface area contributed by atoms with Gasteiger partial charge in [-0.15, -0.1) is 6.42 Å². The lowest BCUT2D eigenvalue weighted by molar-refractivity contribution is -0.0590. The van der Waals surface area contributed by atoms with Crippen LogP contribution in [0.25, 0.3) is 11.3 Å². The minimum atomic E-state index is -4.08. The predicted molar refractivity (Wildman–Crippen MR) is 199 cm³/mol. The molecule has 5 rings (SSSR count). The highest BCUT2D eigenvalue weighted by atomic mass is 32.2. The molecule has 2 aromatic rings. The molecule has 1 aromatic heterocycles. The van der Waals surface area contributed by atoms with Crippen LogP contribution in [0, 0.1) is 55.3 Å². The van der Waals surface area contributed by atoms with E-state index in [0.717, 1.165) is 61.3 Å². The van der Waals surface area contributed by atoms with E-state index in [1.165, 1.54) is 31.8 Å². The quantitative estimate of drug-likeness (QED) is 0.282. The molecule has 9 heteroatoms. The molecule has 1 aliphatic carbocycles. The van der Waals surface area contributed by atoms with Crippen molar-refractivity contribution in [2.45, 2.75) is 93.1 Å². The van der Waals surface area contributed by atoms with Crippen molar-refractivity contribution in [2.75, 3.05) is 37.6 Å². The van der Waals surface area contributed by atoms with Crippen LogP contribution in [0.2, 0.25) is 0 Å². The predicted octanol–water partition coefficient (Wildman–Crippen LogP) is 7.94. The van der Waals surface area contributed by atoms with E-state index in [0.29, 0.717) is 41.3 Å². The number of rotatable bonds is 8. The molecule has 2 aliphatic heterocycles. The van der Waals surface area contributed by atoms with E-state index in [-0.39, 0.29) is 22.9 Å². The van der Waals surface area contributed by atoms with Crippen LogP contribution in [0.1, 0.15) is 84.3 Å². The molecule has 8 nitrogen and oxygen atoms in total. The average molecular weight is 689 g/mol. The van der Waals surface area contributed by atoms with Gasteiger partial charge in [-0.3, -0.25) is 0 Å². The van der Waals surface area contributed by atoms with Crippen molar-refractivity contribution in [3.8, 4) is 29.5 Å². The first-order valence-electron chi connectivity index (χ1n) is 18.1. The van der Waals surface area contributed by atoms with E-state index in [4.69, 9.17) is 15.9 Å². The number of hydrogen-bond acceptors (Lipinski definition) is 7. The number of aromatic nitrogens is 2. The summed E-state index contributed by atoms with van der Waals surface area (Å²) in [5.74, 6) is 4.40. The summed E-state index contributed by atoms with van der Waals surface area (Å²) in [5, 5.41) is 0. The van der Waals surface area contributed by atoms with Gasteiger partial charge in [0.15, 0.2) is 0 Å². The number of benzene rings is 1. The molecule has 2 fully saturated rings. The molecule has 1 spiro atoms. The van der Waals surface area contributed by atoms with Gasteiger partial charge in [0.1, 0.15) is 0 Å². The molecule has 1 N–H and O–H groups in total. The zero-order valence-corrected chi connectivity index (χ0v) is 31.4. The fourth-order valence-corrected chi connectivity index (χ4v) is 9.37. The minimum Gasteiger partial charge on any atom is -0.477 e. The van der Waals surface area contributed by atoms with E-state index in [1.807, 2.05) is 45.0 Å². The highest BCUT2D eigenvalue weighted by molar-refractivity contribution is 7.96. The Kier molecular flexibility index (Phi) is 11.9. The van der Waals surface area contributed by atoms with Gasteiger partial charge in [0.2, 0.25) is 11.8 Å². The summed E-state index contributed by atoms with van der Waals surface area (Å²) >= 11 is 0. The van der Waals surface area contributed by atoms with Crippen LogP contribution in [0.4, 0.5) is 5.95 Å². The van der Waals surface area contributed by atoms with Crippen molar-refractivity contribution in [2.24, 2.45) is 29.1 Å².